The molecule has 2 aromatic carbocycles. The SMILES string of the molecule is C[Si]1(C)c2cc[te]c2-c2[te]c(C=C3C(=O)c4cc5ccccc5cc4C3=O)cc21. The van der Waals surface area contributed by atoms with Crippen LogP contribution in [0, 0.1) is 0 Å². The first-order valence-electron chi connectivity index (χ1n) is 9.52. The Morgan fingerprint density at radius 1 is 0.828 bits per heavy atom. The Balaban J connectivity index is 1.47. The second-order valence-electron chi connectivity index (χ2n) is 8.14. The van der Waals surface area contributed by atoms with Gasteiger partial charge in [0.1, 0.15) is 0 Å². The Morgan fingerprint density at radius 2 is 1.48 bits per heavy atom. The monoisotopic (exact) mass is 624 g/mol. The summed E-state index contributed by atoms with van der Waals surface area (Å²) in [6, 6.07) is 16.4. The van der Waals surface area contributed by atoms with Gasteiger partial charge in [0.15, 0.2) is 0 Å². The number of hydrogen-bond donors (Lipinski definition) is 0. The molecule has 2 nitrogen and oxygen atoms in total. The molecule has 0 saturated heterocycles. The number of Topliss-reactive ketones (excluding diaryl/α,β-unsaturated/α-hetero) is 2. The molecule has 2 aromatic heterocycles. The summed E-state index contributed by atoms with van der Waals surface area (Å²) in [5.74, 6) is -0.215. The average Bonchev–Trinajstić information content (AvgIpc) is 3.44. The fraction of sp³-hybridized carbons (Fsp3) is 0.0833. The van der Waals surface area contributed by atoms with Crippen molar-refractivity contribution in [1.29, 1.82) is 0 Å². The molecule has 29 heavy (non-hydrogen) atoms. The molecule has 2 aliphatic rings. The van der Waals surface area contributed by atoms with Crippen LogP contribution in [0.3, 0.4) is 0 Å². The number of benzene rings is 2. The van der Waals surface area contributed by atoms with Crippen LogP contribution in [-0.4, -0.2) is 60.5 Å². The molecule has 5 heteroatoms. The first-order chi connectivity index (χ1) is 13.9. The van der Waals surface area contributed by atoms with Crippen LogP contribution in [0.5, 0.6) is 0 Å². The standard InChI is InChI=1S/C24H16O2SiTe2/c1-27(2)19-7-8-28-23(19)24-20(27)12-15(29-24)11-18-21(25)16-9-13-5-3-4-6-14(13)10-17(16)22(18)26/h3-12H,1-2H3. The molecule has 0 amide bonds. The Bertz CT molecular complexity index is 1360. The molecule has 0 bridgehead atoms. The van der Waals surface area contributed by atoms with Gasteiger partial charge in [-0.1, -0.05) is 0 Å². The van der Waals surface area contributed by atoms with E-state index in [-0.39, 0.29) is 32.0 Å². The second-order valence-corrected chi connectivity index (χ2v) is 18.2. The Morgan fingerprint density at radius 3 is 2.14 bits per heavy atom. The summed E-state index contributed by atoms with van der Waals surface area (Å²) >= 11 is -0.685. The minimum absolute atomic E-state index is 0.108. The van der Waals surface area contributed by atoms with E-state index in [1.165, 1.54) is 3.58 Å². The van der Waals surface area contributed by atoms with Gasteiger partial charge in [-0.05, 0) is 0 Å². The van der Waals surface area contributed by atoms with E-state index in [4.69, 9.17) is 0 Å². The molecule has 0 spiro atoms. The summed E-state index contributed by atoms with van der Waals surface area (Å²) in [6.45, 7) is 4.89. The van der Waals surface area contributed by atoms with Gasteiger partial charge in [-0.3, -0.25) is 0 Å². The van der Waals surface area contributed by atoms with Gasteiger partial charge in [0, 0.05) is 0 Å². The van der Waals surface area contributed by atoms with Gasteiger partial charge >= 0.3 is 190 Å². The Hall–Kier alpha value is -1.46. The number of fused-ring (bicyclic) bond motifs is 5. The molecular weight excluding hydrogens is 604 g/mol. The zero-order chi connectivity index (χ0) is 19.9. The van der Waals surface area contributed by atoms with Crippen LogP contribution in [0.1, 0.15) is 24.3 Å². The van der Waals surface area contributed by atoms with E-state index in [0.29, 0.717) is 16.7 Å². The molecule has 1 aliphatic carbocycles. The van der Waals surface area contributed by atoms with Crippen molar-refractivity contribution in [1.82, 2.24) is 0 Å². The van der Waals surface area contributed by atoms with Gasteiger partial charge < -0.3 is 0 Å². The maximum atomic E-state index is 13.1. The third-order valence-corrected chi connectivity index (χ3v) is 17.8. The predicted molar refractivity (Wildman–Crippen MR) is 123 cm³/mol. The van der Waals surface area contributed by atoms with Crippen molar-refractivity contribution in [2.45, 2.75) is 13.1 Å². The molecule has 6 rings (SSSR count). The number of carbonyl (C=O) groups is 2. The molecule has 0 atom stereocenters. The normalized spacial score (nSPS) is 16.3. The summed E-state index contributed by atoms with van der Waals surface area (Å²) in [7, 11) is -1.57. The van der Waals surface area contributed by atoms with Crippen LogP contribution in [0.25, 0.3) is 24.0 Å². The molecule has 1 aliphatic heterocycles. The maximum absolute atomic E-state index is 13.1. The Labute approximate surface area is 189 Å². The molecule has 0 radical (unpaired) electrons. The van der Waals surface area contributed by atoms with Crippen molar-refractivity contribution in [2.75, 3.05) is 0 Å². The van der Waals surface area contributed by atoms with E-state index < -0.39 is 28.5 Å². The average molecular weight is 620 g/mol. The molecule has 0 unspecified atom stereocenters. The summed E-state index contributed by atoms with van der Waals surface area (Å²) in [6.07, 6.45) is 1.93. The topological polar surface area (TPSA) is 34.1 Å². The third-order valence-electron chi connectivity index (χ3n) is 6.12. The van der Waals surface area contributed by atoms with Crippen LogP contribution >= 0.6 is 0 Å². The number of hydrogen-bond acceptors (Lipinski definition) is 2. The van der Waals surface area contributed by atoms with Gasteiger partial charge in [0.25, 0.3) is 0 Å². The van der Waals surface area contributed by atoms with Crippen LogP contribution in [-0.2, 0) is 0 Å². The first kappa shape index (κ1) is 18.3. The molecule has 0 fully saturated rings. The van der Waals surface area contributed by atoms with Crippen molar-refractivity contribution in [3.05, 3.63) is 72.9 Å². The van der Waals surface area contributed by atoms with E-state index in [1.807, 2.05) is 42.5 Å². The third kappa shape index (κ3) is 2.53. The number of carbonyl (C=O) groups excluding carboxylic acids is 2. The van der Waals surface area contributed by atoms with Crippen LogP contribution in [0.4, 0.5) is 0 Å². The van der Waals surface area contributed by atoms with Gasteiger partial charge in [-0.15, -0.1) is 0 Å². The van der Waals surface area contributed by atoms with Crippen molar-refractivity contribution >= 4 is 87.7 Å². The molecule has 3 heterocycles. The van der Waals surface area contributed by atoms with E-state index >= 15 is 0 Å². The first-order valence-corrected chi connectivity index (χ1v) is 17.4. The van der Waals surface area contributed by atoms with Gasteiger partial charge in [-0.25, -0.2) is 0 Å². The van der Waals surface area contributed by atoms with E-state index in [2.05, 4.69) is 29.3 Å². The zero-order valence-electron chi connectivity index (χ0n) is 15.9. The minimum atomic E-state index is -1.57. The zero-order valence-corrected chi connectivity index (χ0v) is 21.6. The van der Waals surface area contributed by atoms with Crippen LogP contribution < -0.4 is 10.4 Å². The predicted octanol–water partition coefficient (Wildman–Crippen LogP) is 3.22. The molecular formula is C24H16O2SiTe2. The van der Waals surface area contributed by atoms with Crippen molar-refractivity contribution in [2.24, 2.45) is 0 Å². The Kier molecular flexibility index (Phi) is 3.96. The van der Waals surface area contributed by atoms with Crippen LogP contribution in [0.15, 0.2) is 58.2 Å². The van der Waals surface area contributed by atoms with Crippen molar-refractivity contribution in [3.8, 4) is 7.16 Å². The van der Waals surface area contributed by atoms with E-state index in [0.717, 1.165) is 10.8 Å². The molecule has 0 N–H and O–H groups in total. The second kappa shape index (κ2) is 6.27. The van der Waals surface area contributed by atoms with Gasteiger partial charge in [0.2, 0.25) is 0 Å². The molecule has 0 saturated carbocycles. The fourth-order valence-electron chi connectivity index (χ4n) is 4.52. The summed E-state index contributed by atoms with van der Waals surface area (Å²) in [4.78, 5) is 26.2. The number of allylic oxidation sites excluding steroid dienone is 1. The summed E-state index contributed by atoms with van der Waals surface area (Å²) in [5.41, 5.74) is 1.49. The van der Waals surface area contributed by atoms with Crippen LogP contribution in [0.2, 0.25) is 13.1 Å². The van der Waals surface area contributed by atoms with Crippen molar-refractivity contribution in [3.63, 3.8) is 0 Å². The molecule has 140 valence electrons. The molecule has 4 aromatic rings. The number of ketones is 2. The van der Waals surface area contributed by atoms with E-state index in [1.54, 1.807) is 17.5 Å². The number of rotatable bonds is 1. The van der Waals surface area contributed by atoms with Crippen molar-refractivity contribution < 1.29 is 9.59 Å². The van der Waals surface area contributed by atoms with Gasteiger partial charge in [-0.2, -0.15) is 0 Å². The van der Waals surface area contributed by atoms with E-state index in [9.17, 15) is 9.59 Å². The summed E-state index contributed by atoms with van der Waals surface area (Å²) in [5, 5.41) is 5.25. The summed E-state index contributed by atoms with van der Waals surface area (Å²) < 4.78 is 7.00. The fourth-order valence-corrected chi connectivity index (χ4v) is 20.2. The van der Waals surface area contributed by atoms with Gasteiger partial charge in [0.05, 0.1) is 0 Å². The quantitative estimate of drug-likeness (QED) is 0.187.